The Hall–Kier alpha value is -1.24. The Labute approximate surface area is 100 Å². The monoisotopic (exact) mass is 245 g/mol. The van der Waals surface area contributed by atoms with E-state index in [1.165, 1.54) is 0 Å². The summed E-state index contributed by atoms with van der Waals surface area (Å²) in [6.07, 6.45) is 2.04. The Kier molecular flexibility index (Phi) is 8.32. The van der Waals surface area contributed by atoms with Gasteiger partial charge in [0.1, 0.15) is 0 Å². The van der Waals surface area contributed by atoms with Crippen LogP contribution in [0.25, 0.3) is 0 Å². The minimum Gasteiger partial charge on any atom is -0.379 e. The van der Waals surface area contributed by atoms with Gasteiger partial charge in [-0.3, -0.25) is 4.99 Å². The van der Waals surface area contributed by atoms with Crippen molar-refractivity contribution in [2.24, 2.45) is 4.99 Å². The number of nitrogen functional groups attached to an aromatic ring is 1. The second-order valence-electron chi connectivity index (χ2n) is 2.49. The van der Waals surface area contributed by atoms with Crippen molar-refractivity contribution in [2.45, 2.75) is 13.8 Å². The van der Waals surface area contributed by atoms with Crippen molar-refractivity contribution in [3.05, 3.63) is 5.69 Å². The maximum absolute atomic E-state index is 5.53. The molecule has 0 aliphatic carbocycles. The lowest BCUT2D eigenvalue weighted by Gasteiger charge is -2.04. The van der Waals surface area contributed by atoms with E-state index < -0.39 is 0 Å². The van der Waals surface area contributed by atoms with Gasteiger partial charge < -0.3 is 11.1 Å². The van der Waals surface area contributed by atoms with Crippen molar-refractivity contribution in [1.29, 1.82) is 0 Å². The number of nitrogens with one attached hydrogen (secondary N) is 1. The number of hydrogen-bond donors (Lipinski definition) is 2. The zero-order valence-corrected chi connectivity index (χ0v) is 11.0. The van der Waals surface area contributed by atoms with E-state index in [1.54, 1.807) is 18.8 Å². The van der Waals surface area contributed by atoms with Gasteiger partial charge in [0.25, 0.3) is 0 Å². The number of rotatable bonds is 4. The summed E-state index contributed by atoms with van der Waals surface area (Å²) in [5.41, 5.74) is 5.99. The molecule has 3 N–H and O–H groups in total. The number of amidine groups is 1. The molecule has 0 saturated heterocycles. The molecular weight excluding hydrogens is 226 g/mol. The Morgan fingerprint density at radius 2 is 2.19 bits per heavy atom. The Morgan fingerprint density at radius 3 is 2.62 bits per heavy atom. The maximum Gasteiger partial charge on any atom is 0.199 e. The van der Waals surface area contributed by atoms with Crippen molar-refractivity contribution in [3.63, 3.8) is 0 Å². The van der Waals surface area contributed by atoms with Crippen LogP contribution in [-0.4, -0.2) is 41.7 Å². The predicted molar refractivity (Wildman–Crippen MR) is 68.9 cm³/mol. The Bertz CT molecular complexity index is 313. The molecule has 0 amide bonds. The molecule has 0 fully saturated rings. The van der Waals surface area contributed by atoms with Crippen LogP contribution < -0.4 is 11.1 Å². The fraction of sp³-hybridized carbons (Fsp3) is 0.667. The Balaban J connectivity index is 0.00000106. The zero-order valence-electron chi connectivity index (χ0n) is 10.1. The van der Waals surface area contributed by atoms with Crippen molar-refractivity contribution in [3.8, 4) is 0 Å². The number of aliphatic imine (C=N–C) groups is 1. The van der Waals surface area contributed by atoms with Crippen LogP contribution in [-0.2, 0) is 0 Å². The molecule has 0 saturated carbocycles. The van der Waals surface area contributed by atoms with Crippen molar-refractivity contribution < 1.29 is 4.63 Å². The van der Waals surface area contributed by atoms with Gasteiger partial charge in [-0.1, -0.05) is 13.8 Å². The first kappa shape index (κ1) is 14.8. The van der Waals surface area contributed by atoms with Crippen molar-refractivity contribution in [1.82, 2.24) is 15.6 Å². The van der Waals surface area contributed by atoms with Crippen LogP contribution in [0, 0.1) is 0 Å². The van der Waals surface area contributed by atoms with Crippen LogP contribution in [0.4, 0.5) is 5.82 Å². The van der Waals surface area contributed by atoms with Gasteiger partial charge in [0.2, 0.25) is 0 Å². The quantitative estimate of drug-likeness (QED) is 0.467. The highest BCUT2D eigenvalue weighted by Gasteiger charge is 2.12. The van der Waals surface area contributed by atoms with Crippen LogP contribution in [0.3, 0.4) is 0 Å². The highest BCUT2D eigenvalue weighted by atomic mass is 32.2. The summed E-state index contributed by atoms with van der Waals surface area (Å²) in [6, 6.07) is 0. The molecule has 0 radical (unpaired) electrons. The van der Waals surface area contributed by atoms with Gasteiger partial charge in [0.15, 0.2) is 17.3 Å². The molecule has 0 aromatic carbocycles. The maximum atomic E-state index is 5.53. The topological polar surface area (TPSA) is 89.3 Å². The first-order valence-corrected chi connectivity index (χ1v) is 6.47. The highest BCUT2D eigenvalue weighted by molar-refractivity contribution is 7.98. The molecule has 7 heteroatoms. The molecule has 1 rings (SSSR count). The summed E-state index contributed by atoms with van der Waals surface area (Å²) in [5.74, 6) is 1.85. The second kappa shape index (κ2) is 9.02. The number of thioether (sulfide) groups is 1. The van der Waals surface area contributed by atoms with E-state index in [1.807, 2.05) is 20.1 Å². The molecule has 1 aromatic heterocycles. The normalized spacial score (nSPS) is 10.6. The van der Waals surface area contributed by atoms with E-state index in [2.05, 4.69) is 25.3 Å². The number of aromatic nitrogens is 2. The molecule has 6 nitrogen and oxygen atoms in total. The third kappa shape index (κ3) is 4.52. The first-order chi connectivity index (χ1) is 7.79. The Morgan fingerprint density at radius 1 is 1.50 bits per heavy atom. The van der Waals surface area contributed by atoms with Gasteiger partial charge in [-0.2, -0.15) is 11.8 Å². The number of nitrogens with two attached hydrogens (primary N) is 1. The number of nitrogens with zero attached hydrogens (tertiary/aromatic N) is 3. The lowest BCUT2D eigenvalue weighted by molar-refractivity contribution is 0.308. The fourth-order valence-electron chi connectivity index (χ4n) is 0.900. The highest BCUT2D eigenvalue weighted by Crippen LogP contribution is 2.04. The molecule has 0 atom stereocenters. The van der Waals surface area contributed by atoms with E-state index in [0.29, 0.717) is 11.5 Å². The van der Waals surface area contributed by atoms with Crippen LogP contribution in [0.15, 0.2) is 9.62 Å². The van der Waals surface area contributed by atoms with Gasteiger partial charge in [-0.25, -0.2) is 4.63 Å². The molecule has 0 aliphatic rings. The number of anilines is 1. The van der Waals surface area contributed by atoms with Crippen molar-refractivity contribution in [2.75, 3.05) is 31.3 Å². The molecule has 1 aromatic rings. The summed E-state index contributed by atoms with van der Waals surface area (Å²) in [6.45, 7) is 4.81. The molecule has 0 bridgehead atoms. The van der Waals surface area contributed by atoms with Gasteiger partial charge in [-0.15, -0.1) is 0 Å². The summed E-state index contributed by atoms with van der Waals surface area (Å²) in [7, 11) is 1.66. The van der Waals surface area contributed by atoms with Gasteiger partial charge in [0, 0.05) is 19.3 Å². The molecule has 1 heterocycles. The van der Waals surface area contributed by atoms with E-state index in [9.17, 15) is 0 Å². The van der Waals surface area contributed by atoms with Crippen LogP contribution in [0.1, 0.15) is 19.5 Å². The van der Waals surface area contributed by atoms with E-state index in [0.717, 1.165) is 12.3 Å². The van der Waals surface area contributed by atoms with Gasteiger partial charge >= 0.3 is 0 Å². The minimum atomic E-state index is 0.252. The average Bonchev–Trinajstić information content (AvgIpc) is 2.74. The SMILES string of the molecule is CC.CN=C(NCCSC)c1nonc1N. The summed E-state index contributed by atoms with van der Waals surface area (Å²) in [5, 5.41) is 10.2. The van der Waals surface area contributed by atoms with Crippen molar-refractivity contribution >= 4 is 23.4 Å². The predicted octanol–water partition coefficient (Wildman–Crippen LogP) is 1.01. The average molecular weight is 245 g/mol. The molecule has 92 valence electrons. The largest absolute Gasteiger partial charge is 0.379 e. The minimum absolute atomic E-state index is 0.252. The second-order valence-corrected chi connectivity index (χ2v) is 3.48. The molecule has 0 aliphatic heterocycles. The lowest BCUT2D eigenvalue weighted by Crippen LogP contribution is -2.27. The molecule has 0 unspecified atom stereocenters. The van der Waals surface area contributed by atoms with Crippen LogP contribution in [0.2, 0.25) is 0 Å². The van der Waals surface area contributed by atoms with E-state index in [4.69, 9.17) is 5.73 Å². The lowest BCUT2D eigenvalue weighted by atomic mass is 10.4. The van der Waals surface area contributed by atoms with E-state index in [-0.39, 0.29) is 5.82 Å². The number of hydrogen-bond acceptors (Lipinski definition) is 6. The fourth-order valence-corrected chi connectivity index (χ4v) is 1.21. The molecule has 16 heavy (non-hydrogen) atoms. The zero-order chi connectivity index (χ0) is 12.4. The molecular formula is C9H19N5OS. The van der Waals surface area contributed by atoms with Crippen LogP contribution >= 0.6 is 11.8 Å². The summed E-state index contributed by atoms with van der Waals surface area (Å²) < 4.78 is 4.48. The third-order valence-electron chi connectivity index (χ3n) is 1.56. The summed E-state index contributed by atoms with van der Waals surface area (Å²) >= 11 is 1.75. The third-order valence-corrected chi connectivity index (χ3v) is 2.17. The van der Waals surface area contributed by atoms with Gasteiger partial charge in [-0.05, 0) is 16.6 Å². The smallest absolute Gasteiger partial charge is 0.199 e. The standard InChI is InChI=1S/C7H13N5OS.C2H6/c1-9-7(10-3-4-14-2)5-6(8)12-13-11-5;1-2/h3-4H2,1-2H3,(H2,8,12)(H,9,10);1-2H3. The molecule has 0 spiro atoms. The van der Waals surface area contributed by atoms with Crippen LogP contribution in [0.5, 0.6) is 0 Å². The summed E-state index contributed by atoms with van der Waals surface area (Å²) in [4.78, 5) is 4.02. The first-order valence-electron chi connectivity index (χ1n) is 5.07. The van der Waals surface area contributed by atoms with Gasteiger partial charge in [0.05, 0.1) is 0 Å². The van der Waals surface area contributed by atoms with E-state index >= 15 is 0 Å².